The molecule has 0 radical (unpaired) electrons. The van der Waals surface area contributed by atoms with Crippen LogP contribution >= 0.6 is 0 Å². The van der Waals surface area contributed by atoms with E-state index >= 15 is 0 Å². The molecular weight excluding hydrogens is 248 g/mol. The van der Waals surface area contributed by atoms with Gasteiger partial charge in [0.25, 0.3) is 0 Å². The van der Waals surface area contributed by atoms with Crippen molar-refractivity contribution >= 4 is 0 Å². The van der Waals surface area contributed by atoms with Crippen LogP contribution < -0.4 is 5.32 Å². The Labute approximate surface area is 124 Å². The number of likely N-dealkylation sites (tertiary alicyclic amines) is 1. The third-order valence-electron chi connectivity index (χ3n) is 5.43. The van der Waals surface area contributed by atoms with E-state index in [1.165, 1.54) is 38.9 Å². The fraction of sp³-hybridized carbons (Fsp3) is 0.938. The minimum Gasteiger partial charge on any atom is -0.306 e. The average Bonchev–Trinajstić information content (AvgIpc) is 2.49. The SMILES string of the molecule is CNC1(C#N)CCCC(N(C)CC2CCN(C)CC2)C1. The highest BCUT2D eigenvalue weighted by Crippen LogP contribution is 2.31. The molecule has 2 fully saturated rings. The van der Waals surface area contributed by atoms with Crippen LogP contribution in [0.25, 0.3) is 0 Å². The molecule has 2 rings (SSSR count). The normalized spacial score (nSPS) is 33.2. The molecule has 1 aliphatic heterocycles. The van der Waals surface area contributed by atoms with E-state index in [0.29, 0.717) is 6.04 Å². The number of rotatable bonds is 4. The van der Waals surface area contributed by atoms with E-state index in [9.17, 15) is 5.26 Å². The van der Waals surface area contributed by atoms with Crippen molar-refractivity contribution < 1.29 is 0 Å². The summed E-state index contributed by atoms with van der Waals surface area (Å²) in [6, 6.07) is 3.08. The van der Waals surface area contributed by atoms with Crippen LogP contribution in [0.2, 0.25) is 0 Å². The Morgan fingerprint density at radius 2 is 2.05 bits per heavy atom. The van der Waals surface area contributed by atoms with Crippen LogP contribution in [0.5, 0.6) is 0 Å². The summed E-state index contributed by atoms with van der Waals surface area (Å²) in [5.41, 5.74) is -0.288. The molecule has 2 atom stereocenters. The van der Waals surface area contributed by atoms with Gasteiger partial charge in [-0.2, -0.15) is 5.26 Å². The molecule has 20 heavy (non-hydrogen) atoms. The summed E-state index contributed by atoms with van der Waals surface area (Å²) in [6.07, 6.45) is 7.03. The first kappa shape index (κ1) is 15.8. The van der Waals surface area contributed by atoms with Gasteiger partial charge in [-0.25, -0.2) is 0 Å². The zero-order valence-electron chi connectivity index (χ0n) is 13.4. The molecule has 0 aromatic carbocycles. The van der Waals surface area contributed by atoms with Gasteiger partial charge in [0, 0.05) is 12.6 Å². The van der Waals surface area contributed by atoms with Crippen molar-refractivity contribution in [2.45, 2.75) is 50.1 Å². The van der Waals surface area contributed by atoms with Gasteiger partial charge in [0.05, 0.1) is 6.07 Å². The molecule has 0 spiro atoms. The van der Waals surface area contributed by atoms with Gasteiger partial charge in [0.15, 0.2) is 0 Å². The van der Waals surface area contributed by atoms with Crippen molar-refractivity contribution in [2.24, 2.45) is 5.92 Å². The summed E-state index contributed by atoms with van der Waals surface area (Å²) < 4.78 is 0. The molecule has 0 bridgehead atoms. The van der Waals surface area contributed by atoms with Gasteiger partial charge >= 0.3 is 0 Å². The summed E-state index contributed by atoms with van der Waals surface area (Å²) in [4.78, 5) is 4.96. The number of nitrogens with one attached hydrogen (secondary N) is 1. The quantitative estimate of drug-likeness (QED) is 0.850. The second-order valence-electron chi connectivity index (χ2n) is 6.88. The van der Waals surface area contributed by atoms with Crippen molar-refractivity contribution in [1.29, 1.82) is 5.26 Å². The lowest BCUT2D eigenvalue weighted by Crippen LogP contribution is -2.51. The maximum Gasteiger partial charge on any atom is 0.108 e. The molecule has 0 amide bonds. The van der Waals surface area contributed by atoms with E-state index in [4.69, 9.17) is 0 Å². The Bertz CT molecular complexity index is 343. The molecule has 0 aromatic heterocycles. The highest BCUT2D eigenvalue weighted by molar-refractivity contribution is 5.10. The summed E-state index contributed by atoms with van der Waals surface area (Å²) in [5.74, 6) is 0.837. The Balaban J connectivity index is 1.86. The predicted octanol–water partition coefficient (Wildman–Crippen LogP) is 1.68. The standard InChI is InChI=1S/C16H30N4/c1-18-16(13-17)8-4-5-15(11-16)20(3)12-14-6-9-19(2)10-7-14/h14-15,18H,4-12H2,1-3H3. The molecular formula is C16H30N4. The van der Waals surface area contributed by atoms with Gasteiger partial charge in [-0.1, -0.05) is 0 Å². The van der Waals surface area contributed by atoms with E-state index in [1.807, 2.05) is 7.05 Å². The molecule has 2 unspecified atom stereocenters. The molecule has 0 aromatic rings. The maximum atomic E-state index is 9.46. The highest BCUT2D eigenvalue weighted by atomic mass is 15.2. The van der Waals surface area contributed by atoms with Crippen molar-refractivity contribution in [2.75, 3.05) is 40.8 Å². The Morgan fingerprint density at radius 1 is 1.35 bits per heavy atom. The molecule has 1 heterocycles. The summed E-state index contributed by atoms with van der Waals surface area (Å²) in [7, 11) is 6.41. The lowest BCUT2D eigenvalue weighted by Gasteiger charge is -2.41. The highest BCUT2D eigenvalue weighted by Gasteiger charge is 2.37. The van der Waals surface area contributed by atoms with Crippen molar-refractivity contribution in [3.05, 3.63) is 0 Å². The Kier molecular flexibility index (Phi) is 5.42. The zero-order chi connectivity index (χ0) is 14.6. The third kappa shape index (κ3) is 3.72. The van der Waals surface area contributed by atoms with Gasteiger partial charge in [0.1, 0.15) is 5.54 Å². The van der Waals surface area contributed by atoms with Gasteiger partial charge in [-0.3, -0.25) is 0 Å². The summed E-state index contributed by atoms with van der Waals surface area (Å²) in [5, 5.41) is 12.7. The molecule has 1 aliphatic carbocycles. The lowest BCUT2D eigenvalue weighted by molar-refractivity contribution is 0.109. The predicted molar refractivity (Wildman–Crippen MR) is 82.5 cm³/mol. The van der Waals surface area contributed by atoms with E-state index in [0.717, 1.165) is 25.2 Å². The second kappa shape index (κ2) is 6.89. The second-order valence-corrected chi connectivity index (χ2v) is 6.88. The largest absolute Gasteiger partial charge is 0.306 e. The molecule has 2 aliphatic rings. The van der Waals surface area contributed by atoms with Gasteiger partial charge in [0.2, 0.25) is 0 Å². The number of piperidine rings is 1. The molecule has 1 N–H and O–H groups in total. The Morgan fingerprint density at radius 3 is 2.65 bits per heavy atom. The summed E-state index contributed by atoms with van der Waals surface area (Å²) >= 11 is 0. The van der Waals surface area contributed by atoms with Crippen LogP contribution in [0, 0.1) is 17.2 Å². The fourth-order valence-corrected chi connectivity index (χ4v) is 3.81. The van der Waals surface area contributed by atoms with Crippen LogP contribution in [0.15, 0.2) is 0 Å². The van der Waals surface area contributed by atoms with Crippen LogP contribution in [-0.2, 0) is 0 Å². The van der Waals surface area contributed by atoms with E-state index in [2.05, 4.69) is 35.3 Å². The number of nitrogens with zero attached hydrogens (tertiary/aromatic N) is 3. The summed E-state index contributed by atoms with van der Waals surface area (Å²) in [6.45, 7) is 3.67. The van der Waals surface area contributed by atoms with Gasteiger partial charge in [-0.05, 0) is 78.7 Å². The molecule has 4 nitrogen and oxygen atoms in total. The van der Waals surface area contributed by atoms with Crippen LogP contribution in [-0.4, -0.2) is 62.2 Å². The lowest BCUT2D eigenvalue weighted by atomic mass is 9.79. The van der Waals surface area contributed by atoms with Crippen LogP contribution in [0.3, 0.4) is 0 Å². The van der Waals surface area contributed by atoms with E-state index in [1.54, 1.807) is 0 Å². The third-order valence-corrected chi connectivity index (χ3v) is 5.43. The number of hydrogen-bond acceptors (Lipinski definition) is 4. The first-order chi connectivity index (χ1) is 9.58. The Hall–Kier alpha value is -0.630. The molecule has 4 heteroatoms. The van der Waals surface area contributed by atoms with Crippen molar-refractivity contribution in [3.63, 3.8) is 0 Å². The van der Waals surface area contributed by atoms with Crippen molar-refractivity contribution in [3.8, 4) is 6.07 Å². The first-order valence-corrected chi connectivity index (χ1v) is 8.07. The van der Waals surface area contributed by atoms with Crippen LogP contribution in [0.4, 0.5) is 0 Å². The number of hydrogen-bond donors (Lipinski definition) is 1. The van der Waals surface area contributed by atoms with Gasteiger partial charge in [-0.15, -0.1) is 0 Å². The topological polar surface area (TPSA) is 42.3 Å². The van der Waals surface area contributed by atoms with E-state index < -0.39 is 0 Å². The minimum absolute atomic E-state index is 0.288. The average molecular weight is 278 g/mol. The smallest absolute Gasteiger partial charge is 0.108 e. The zero-order valence-corrected chi connectivity index (χ0v) is 13.4. The molecule has 114 valence electrons. The monoisotopic (exact) mass is 278 g/mol. The van der Waals surface area contributed by atoms with Crippen molar-refractivity contribution in [1.82, 2.24) is 15.1 Å². The molecule has 1 saturated heterocycles. The molecule has 1 saturated carbocycles. The van der Waals surface area contributed by atoms with E-state index in [-0.39, 0.29) is 5.54 Å². The van der Waals surface area contributed by atoms with Gasteiger partial charge < -0.3 is 15.1 Å². The fourth-order valence-electron chi connectivity index (χ4n) is 3.81. The minimum atomic E-state index is -0.288. The first-order valence-electron chi connectivity index (χ1n) is 8.07. The number of nitriles is 1. The van der Waals surface area contributed by atoms with Crippen LogP contribution in [0.1, 0.15) is 38.5 Å². The maximum absolute atomic E-state index is 9.46.